The van der Waals surface area contributed by atoms with Crippen LogP contribution in [0.15, 0.2) is 0 Å². The molecule has 2 fully saturated rings. The van der Waals surface area contributed by atoms with Crippen LogP contribution >= 0.6 is 23.5 Å². The quantitative estimate of drug-likeness (QED) is 0.712. The van der Waals surface area contributed by atoms with E-state index in [1.165, 1.54) is 0 Å². The van der Waals surface area contributed by atoms with Crippen molar-refractivity contribution in [1.82, 2.24) is 10.2 Å². The lowest BCUT2D eigenvalue weighted by Crippen LogP contribution is -2.40. The summed E-state index contributed by atoms with van der Waals surface area (Å²) < 4.78 is 0. The first-order valence-electron chi connectivity index (χ1n) is 4.65. The number of thioether (sulfide) groups is 2. The lowest BCUT2D eigenvalue weighted by Gasteiger charge is -2.12. The van der Waals surface area contributed by atoms with Gasteiger partial charge in [0, 0.05) is 0 Å². The molecule has 0 bridgehead atoms. The summed E-state index contributed by atoms with van der Waals surface area (Å²) in [5.41, 5.74) is 0. The van der Waals surface area contributed by atoms with Crippen LogP contribution in [0, 0.1) is 0 Å². The number of rotatable bonds is 3. The van der Waals surface area contributed by atoms with Gasteiger partial charge in [0.15, 0.2) is 0 Å². The third-order valence-electron chi connectivity index (χ3n) is 2.24. The maximum Gasteiger partial charge on any atom is 0.323 e. The monoisotopic (exact) mass is 290 g/mol. The minimum atomic E-state index is -1.32. The van der Waals surface area contributed by atoms with E-state index in [9.17, 15) is 24.0 Å². The molecule has 0 saturated carbocycles. The minimum absolute atomic E-state index is 0.564. The highest BCUT2D eigenvalue weighted by Gasteiger charge is 2.50. The van der Waals surface area contributed by atoms with Gasteiger partial charge in [0.1, 0.15) is 17.0 Å². The lowest BCUT2D eigenvalue weighted by atomic mass is 10.2. The Morgan fingerprint density at radius 2 is 1.89 bits per heavy atom. The normalized spacial score (nSPS) is 27.9. The van der Waals surface area contributed by atoms with Crippen LogP contribution in [0.2, 0.25) is 0 Å². The number of carbonyl (C=O) groups is 5. The summed E-state index contributed by atoms with van der Waals surface area (Å²) in [4.78, 5) is 56.7. The van der Waals surface area contributed by atoms with Gasteiger partial charge in [-0.05, 0) is 23.5 Å². The number of carboxylic acids is 1. The second-order valence-electron chi connectivity index (χ2n) is 3.44. The van der Waals surface area contributed by atoms with Crippen LogP contribution in [-0.2, 0) is 14.4 Å². The first-order chi connectivity index (χ1) is 8.40. The van der Waals surface area contributed by atoms with Crippen molar-refractivity contribution in [3.05, 3.63) is 0 Å². The Balaban J connectivity index is 2.15. The molecule has 2 N–H and O–H groups in total. The topological polar surface area (TPSA) is 121 Å². The molecule has 2 aliphatic rings. The fraction of sp³-hybridized carbons (Fsp3) is 0.375. The van der Waals surface area contributed by atoms with Crippen LogP contribution in [0.5, 0.6) is 0 Å². The van der Waals surface area contributed by atoms with E-state index >= 15 is 0 Å². The van der Waals surface area contributed by atoms with Crippen LogP contribution in [0.25, 0.3) is 0 Å². The first-order valence-corrected chi connectivity index (χ1v) is 6.41. The van der Waals surface area contributed by atoms with Crippen molar-refractivity contribution in [2.24, 2.45) is 0 Å². The third-order valence-corrected chi connectivity index (χ3v) is 4.62. The van der Waals surface area contributed by atoms with Crippen LogP contribution in [0.4, 0.5) is 9.59 Å². The van der Waals surface area contributed by atoms with Crippen molar-refractivity contribution in [1.29, 1.82) is 0 Å². The summed E-state index contributed by atoms with van der Waals surface area (Å²) in [6.45, 7) is -0.742. The molecule has 0 aromatic carbocycles. The average Bonchev–Trinajstić information content (AvgIpc) is 2.72. The number of nitrogens with one attached hydrogen (secondary N) is 1. The Kier molecular flexibility index (Phi) is 3.30. The Morgan fingerprint density at radius 3 is 2.39 bits per heavy atom. The van der Waals surface area contributed by atoms with Crippen molar-refractivity contribution in [2.45, 2.75) is 10.5 Å². The van der Waals surface area contributed by atoms with Gasteiger partial charge in [-0.3, -0.25) is 34.2 Å². The summed E-state index contributed by atoms with van der Waals surface area (Å²) in [6, 6.07) is 0. The molecule has 0 aromatic rings. The van der Waals surface area contributed by atoms with Gasteiger partial charge in [-0.1, -0.05) is 0 Å². The molecule has 0 unspecified atom stereocenters. The van der Waals surface area contributed by atoms with Gasteiger partial charge in [-0.15, -0.1) is 0 Å². The van der Waals surface area contributed by atoms with E-state index in [0.717, 1.165) is 0 Å². The van der Waals surface area contributed by atoms with Gasteiger partial charge < -0.3 is 5.11 Å². The summed E-state index contributed by atoms with van der Waals surface area (Å²) in [5.74, 6) is -2.71. The standard InChI is InChI=1S/C8H6N2O6S2/c11-2(12)1-10-6(14)4(18-8(10)16)3-5(13)9-7(15)17-3/h3-4H,1H2,(H,11,12)(H,9,13,15)/t3-,4+/m1/s1. The van der Waals surface area contributed by atoms with Crippen molar-refractivity contribution in [3.8, 4) is 0 Å². The SMILES string of the molecule is O=C(O)CN1C(=O)S[C@@H]([C@H]2SC(=O)NC2=O)C1=O. The van der Waals surface area contributed by atoms with E-state index in [0.29, 0.717) is 28.4 Å². The van der Waals surface area contributed by atoms with Crippen molar-refractivity contribution in [3.63, 3.8) is 0 Å². The second kappa shape index (κ2) is 4.61. The molecule has 0 spiro atoms. The molecule has 2 aliphatic heterocycles. The number of amides is 4. The molecule has 0 radical (unpaired) electrons. The molecule has 2 heterocycles. The number of carbonyl (C=O) groups excluding carboxylic acids is 4. The van der Waals surface area contributed by atoms with Gasteiger partial charge in [-0.2, -0.15) is 0 Å². The zero-order valence-electron chi connectivity index (χ0n) is 8.61. The summed E-state index contributed by atoms with van der Waals surface area (Å²) >= 11 is 1.20. The van der Waals surface area contributed by atoms with E-state index < -0.39 is 45.3 Å². The van der Waals surface area contributed by atoms with E-state index in [4.69, 9.17) is 5.11 Å². The van der Waals surface area contributed by atoms with E-state index in [-0.39, 0.29) is 0 Å². The lowest BCUT2D eigenvalue weighted by molar-refractivity contribution is -0.141. The fourth-order valence-corrected chi connectivity index (χ4v) is 3.61. The number of carboxylic acid groups (broad SMARTS) is 1. The summed E-state index contributed by atoms with van der Waals surface area (Å²) in [6.07, 6.45) is 0. The van der Waals surface area contributed by atoms with Gasteiger partial charge >= 0.3 is 5.97 Å². The smallest absolute Gasteiger partial charge is 0.323 e. The van der Waals surface area contributed by atoms with Gasteiger partial charge in [0.2, 0.25) is 11.8 Å². The number of hydrogen-bond acceptors (Lipinski definition) is 7. The van der Waals surface area contributed by atoms with E-state index in [1.54, 1.807) is 0 Å². The van der Waals surface area contributed by atoms with Crippen LogP contribution < -0.4 is 5.32 Å². The van der Waals surface area contributed by atoms with Crippen molar-refractivity contribution < 1.29 is 29.1 Å². The maximum absolute atomic E-state index is 11.8. The molecule has 0 aliphatic carbocycles. The largest absolute Gasteiger partial charge is 0.480 e. The Bertz CT molecular complexity index is 478. The van der Waals surface area contributed by atoms with Gasteiger partial charge in [-0.25, -0.2) is 0 Å². The van der Waals surface area contributed by atoms with Crippen molar-refractivity contribution >= 4 is 51.8 Å². The summed E-state index contributed by atoms with van der Waals surface area (Å²) in [5, 5.41) is 7.23. The Labute approximate surface area is 108 Å². The molecule has 10 heteroatoms. The molecular formula is C8H6N2O6S2. The van der Waals surface area contributed by atoms with E-state index in [2.05, 4.69) is 0 Å². The molecule has 8 nitrogen and oxygen atoms in total. The molecule has 96 valence electrons. The molecule has 2 saturated heterocycles. The van der Waals surface area contributed by atoms with Crippen LogP contribution in [0.1, 0.15) is 0 Å². The van der Waals surface area contributed by atoms with Gasteiger partial charge in [0.25, 0.3) is 10.5 Å². The highest BCUT2D eigenvalue weighted by Crippen LogP contribution is 2.36. The fourth-order valence-electron chi connectivity index (χ4n) is 1.50. The molecule has 2 atom stereocenters. The van der Waals surface area contributed by atoms with E-state index in [1.807, 2.05) is 5.32 Å². The zero-order chi connectivity index (χ0) is 13.4. The minimum Gasteiger partial charge on any atom is -0.480 e. The molecule has 0 aromatic heterocycles. The summed E-state index contributed by atoms with van der Waals surface area (Å²) in [7, 11) is 0. The zero-order valence-corrected chi connectivity index (χ0v) is 10.2. The van der Waals surface area contributed by atoms with Crippen LogP contribution in [-0.4, -0.2) is 55.3 Å². The number of hydrogen-bond donors (Lipinski definition) is 2. The average molecular weight is 290 g/mol. The highest BCUT2D eigenvalue weighted by atomic mass is 32.2. The number of aliphatic carboxylic acids is 1. The molecule has 2 rings (SSSR count). The predicted molar refractivity (Wildman–Crippen MR) is 61.0 cm³/mol. The van der Waals surface area contributed by atoms with Crippen LogP contribution in [0.3, 0.4) is 0 Å². The predicted octanol–water partition coefficient (Wildman–Crippen LogP) is -0.513. The highest BCUT2D eigenvalue weighted by molar-refractivity contribution is 8.19. The number of imide groups is 2. The molecular weight excluding hydrogens is 284 g/mol. The molecule has 18 heavy (non-hydrogen) atoms. The van der Waals surface area contributed by atoms with Gasteiger partial charge in [0.05, 0.1) is 0 Å². The Morgan fingerprint density at radius 1 is 1.22 bits per heavy atom. The number of nitrogens with zero attached hydrogens (tertiary/aromatic N) is 1. The maximum atomic E-state index is 11.8. The molecule has 4 amide bonds. The second-order valence-corrected chi connectivity index (χ2v) is 5.64. The Hall–Kier alpha value is -1.55. The van der Waals surface area contributed by atoms with Crippen molar-refractivity contribution in [2.75, 3.05) is 6.54 Å². The first kappa shape index (κ1) is 12.9. The third kappa shape index (κ3) is 2.20.